The van der Waals surface area contributed by atoms with Crippen molar-refractivity contribution in [1.29, 1.82) is 0 Å². The lowest BCUT2D eigenvalue weighted by Gasteiger charge is -2.11. The van der Waals surface area contributed by atoms with Gasteiger partial charge in [0.15, 0.2) is 0 Å². The Balaban J connectivity index is 1.49. The van der Waals surface area contributed by atoms with Crippen molar-refractivity contribution < 1.29 is 9.59 Å². The number of rotatable bonds is 6. The van der Waals surface area contributed by atoms with Crippen LogP contribution in [0.1, 0.15) is 30.4 Å². The fraction of sp³-hybridized carbons (Fsp3) is 0.273. The fourth-order valence-corrected chi connectivity index (χ4v) is 3.15. The largest absolute Gasteiger partial charge is 0.352 e. The van der Waals surface area contributed by atoms with Crippen molar-refractivity contribution in [2.75, 3.05) is 10.6 Å². The van der Waals surface area contributed by atoms with Crippen molar-refractivity contribution in [2.45, 2.75) is 32.7 Å². The molecule has 5 heteroatoms. The zero-order chi connectivity index (χ0) is 19.1. The van der Waals surface area contributed by atoms with Crippen molar-refractivity contribution >= 4 is 23.3 Å². The molecule has 0 saturated carbocycles. The Kier molecular flexibility index (Phi) is 6.26. The topological polar surface area (TPSA) is 70.2 Å². The first kappa shape index (κ1) is 18.7. The Labute approximate surface area is 159 Å². The lowest BCUT2D eigenvalue weighted by atomic mass is 10.1. The number of urea groups is 1. The molecule has 5 nitrogen and oxygen atoms in total. The zero-order valence-corrected chi connectivity index (χ0v) is 15.5. The Bertz CT molecular complexity index is 845. The van der Waals surface area contributed by atoms with E-state index in [1.165, 1.54) is 0 Å². The fourth-order valence-electron chi connectivity index (χ4n) is 3.15. The maximum absolute atomic E-state index is 12.2. The number of hydrogen-bond acceptors (Lipinski definition) is 2. The van der Waals surface area contributed by atoms with Crippen molar-refractivity contribution in [1.82, 2.24) is 5.32 Å². The van der Waals surface area contributed by atoms with E-state index in [0.717, 1.165) is 29.7 Å². The Morgan fingerprint density at radius 1 is 1.04 bits per heavy atom. The van der Waals surface area contributed by atoms with Crippen LogP contribution in [0.15, 0.2) is 60.7 Å². The minimum atomic E-state index is -0.296. The number of allylic oxidation sites excluding steroid dienone is 2. The van der Waals surface area contributed by atoms with Crippen LogP contribution in [-0.4, -0.2) is 11.9 Å². The smallest absolute Gasteiger partial charge is 0.323 e. The first-order valence-electron chi connectivity index (χ1n) is 9.25. The predicted octanol–water partition coefficient (Wildman–Crippen LogP) is 4.61. The van der Waals surface area contributed by atoms with Crippen LogP contribution < -0.4 is 16.0 Å². The van der Waals surface area contributed by atoms with E-state index in [2.05, 4.69) is 28.1 Å². The standard InChI is InChI=1S/C22H25N3O2/c1-16-6-4-10-19(12-16)24-22(27)25-20-11-5-9-18(13-20)15-23-21(26)14-17-7-2-3-8-17/h2,4-7,9-13,17H,3,8,14-15H2,1H3,(H,23,26)(H2,24,25,27)/t17-/m1/s1. The molecule has 3 N–H and O–H groups in total. The molecule has 1 aliphatic rings. The van der Waals surface area contributed by atoms with Gasteiger partial charge in [-0.3, -0.25) is 4.79 Å². The zero-order valence-electron chi connectivity index (χ0n) is 15.5. The first-order valence-corrected chi connectivity index (χ1v) is 9.25. The van der Waals surface area contributed by atoms with E-state index in [0.29, 0.717) is 24.6 Å². The normalized spacial score (nSPS) is 15.4. The average molecular weight is 363 g/mol. The SMILES string of the molecule is Cc1cccc(NC(=O)Nc2cccc(CNC(=O)C[C@@H]3C=CCC3)c2)c1. The number of carbonyl (C=O) groups is 2. The third kappa shape index (κ3) is 5.99. The summed E-state index contributed by atoms with van der Waals surface area (Å²) in [7, 11) is 0. The third-order valence-corrected chi connectivity index (χ3v) is 4.51. The maximum Gasteiger partial charge on any atom is 0.323 e. The van der Waals surface area contributed by atoms with Gasteiger partial charge in [0.1, 0.15) is 0 Å². The van der Waals surface area contributed by atoms with Gasteiger partial charge in [-0.05, 0) is 61.1 Å². The van der Waals surface area contributed by atoms with Gasteiger partial charge in [-0.25, -0.2) is 4.79 Å². The summed E-state index contributed by atoms with van der Waals surface area (Å²) >= 11 is 0. The highest BCUT2D eigenvalue weighted by atomic mass is 16.2. The van der Waals surface area contributed by atoms with Crippen LogP contribution in [0, 0.1) is 12.8 Å². The molecule has 0 aliphatic heterocycles. The quantitative estimate of drug-likeness (QED) is 0.656. The van der Waals surface area contributed by atoms with Crippen molar-refractivity contribution in [2.24, 2.45) is 5.92 Å². The predicted molar refractivity (Wildman–Crippen MR) is 109 cm³/mol. The van der Waals surface area contributed by atoms with Gasteiger partial charge in [0.05, 0.1) is 0 Å². The molecule has 2 aromatic rings. The van der Waals surface area contributed by atoms with Crippen LogP contribution >= 0.6 is 0 Å². The summed E-state index contributed by atoms with van der Waals surface area (Å²) in [5, 5.41) is 8.59. The molecule has 0 radical (unpaired) electrons. The maximum atomic E-state index is 12.2. The van der Waals surface area contributed by atoms with Gasteiger partial charge in [-0.15, -0.1) is 0 Å². The third-order valence-electron chi connectivity index (χ3n) is 4.51. The van der Waals surface area contributed by atoms with E-state index in [-0.39, 0.29) is 11.9 Å². The Hall–Kier alpha value is -3.08. The number of carbonyl (C=O) groups excluding carboxylic acids is 2. The highest BCUT2D eigenvalue weighted by molar-refractivity contribution is 5.99. The molecule has 0 aromatic heterocycles. The molecular formula is C22H25N3O2. The summed E-state index contributed by atoms with van der Waals surface area (Å²) in [6.07, 6.45) is 6.92. The van der Waals surface area contributed by atoms with E-state index >= 15 is 0 Å². The van der Waals surface area contributed by atoms with Crippen molar-refractivity contribution in [3.63, 3.8) is 0 Å². The van der Waals surface area contributed by atoms with Gasteiger partial charge in [0.2, 0.25) is 5.91 Å². The molecule has 1 aliphatic carbocycles. The number of nitrogens with one attached hydrogen (secondary N) is 3. The van der Waals surface area contributed by atoms with Gasteiger partial charge in [-0.1, -0.05) is 36.4 Å². The first-order chi connectivity index (χ1) is 13.1. The van der Waals surface area contributed by atoms with E-state index in [4.69, 9.17) is 0 Å². The minimum Gasteiger partial charge on any atom is -0.352 e. The number of anilines is 2. The van der Waals surface area contributed by atoms with Gasteiger partial charge in [0.25, 0.3) is 0 Å². The number of benzene rings is 2. The molecule has 27 heavy (non-hydrogen) atoms. The van der Waals surface area contributed by atoms with Crippen LogP contribution in [0.25, 0.3) is 0 Å². The van der Waals surface area contributed by atoms with Crippen LogP contribution in [0.2, 0.25) is 0 Å². The molecular weight excluding hydrogens is 338 g/mol. The van der Waals surface area contributed by atoms with Crippen molar-refractivity contribution in [3.05, 3.63) is 71.8 Å². The minimum absolute atomic E-state index is 0.0575. The summed E-state index contributed by atoms with van der Waals surface area (Å²) < 4.78 is 0. The molecule has 0 bridgehead atoms. The van der Waals surface area contributed by atoms with Crippen LogP contribution in [0.5, 0.6) is 0 Å². The summed E-state index contributed by atoms with van der Waals surface area (Å²) in [6, 6.07) is 14.8. The second-order valence-corrected chi connectivity index (χ2v) is 6.90. The molecule has 3 rings (SSSR count). The highest BCUT2D eigenvalue weighted by Crippen LogP contribution is 2.20. The van der Waals surface area contributed by atoms with Gasteiger partial charge >= 0.3 is 6.03 Å². The molecule has 0 saturated heterocycles. The second kappa shape index (κ2) is 9.03. The monoisotopic (exact) mass is 363 g/mol. The summed E-state index contributed by atoms with van der Waals surface area (Å²) in [5.74, 6) is 0.422. The van der Waals surface area contributed by atoms with E-state index in [1.54, 1.807) is 0 Å². The van der Waals surface area contributed by atoms with Gasteiger partial charge in [0, 0.05) is 24.3 Å². The molecule has 0 heterocycles. The molecule has 2 aromatic carbocycles. The number of hydrogen-bond donors (Lipinski definition) is 3. The van der Waals surface area contributed by atoms with Crippen LogP contribution in [0.4, 0.5) is 16.2 Å². The molecule has 0 unspecified atom stereocenters. The molecule has 0 fully saturated rings. The lowest BCUT2D eigenvalue weighted by molar-refractivity contribution is -0.121. The second-order valence-electron chi connectivity index (χ2n) is 6.90. The van der Waals surface area contributed by atoms with E-state index in [9.17, 15) is 9.59 Å². The lowest BCUT2D eigenvalue weighted by Crippen LogP contribution is -2.24. The Morgan fingerprint density at radius 3 is 2.48 bits per heavy atom. The molecule has 140 valence electrons. The van der Waals surface area contributed by atoms with E-state index in [1.807, 2.05) is 55.5 Å². The van der Waals surface area contributed by atoms with E-state index < -0.39 is 0 Å². The summed E-state index contributed by atoms with van der Waals surface area (Å²) in [6.45, 7) is 2.42. The van der Waals surface area contributed by atoms with Crippen LogP contribution in [0.3, 0.4) is 0 Å². The van der Waals surface area contributed by atoms with Crippen LogP contribution in [-0.2, 0) is 11.3 Å². The summed E-state index contributed by atoms with van der Waals surface area (Å²) in [4.78, 5) is 24.2. The number of amides is 3. The highest BCUT2D eigenvalue weighted by Gasteiger charge is 2.13. The summed E-state index contributed by atoms with van der Waals surface area (Å²) in [5.41, 5.74) is 3.46. The molecule has 1 atom stereocenters. The average Bonchev–Trinajstić information content (AvgIpc) is 3.13. The molecule has 3 amide bonds. The van der Waals surface area contributed by atoms with Gasteiger partial charge < -0.3 is 16.0 Å². The van der Waals surface area contributed by atoms with Gasteiger partial charge in [-0.2, -0.15) is 0 Å². The van der Waals surface area contributed by atoms with Crippen molar-refractivity contribution in [3.8, 4) is 0 Å². The number of aryl methyl sites for hydroxylation is 1. The Morgan fingerprint density at radius 2 is 1.78 bits per heavy atom. The molecule has 0 spiro atoms.